The van der Waals surface area contributed by atoms with Crippen molar-refractivity contribution < 1.29 is 14.0 Å². The van der Waals surface area contributed by atoms with Crippen LogP contribution in [0.25, 0.3) is 0 Å². The quantitative estimate of drug-likeness (QED) is 0.761. The van der Waals surface area contributed by atoms with E-state index in [2.05, 4.69) is 15.2 Å². The highest BCUT2D eigenvalue weighted by Crippen LogP contribution is 2.22. The van der Waals surface area contributed by atoms with E-state index in [4.69, 9.17) is 11.6 Å². The summed E-state index contributed by atoms with van der Waals surface area (Å²) in [6.45, 7) is 4.20. The lowest BCUT2D eigenvalue weighted by atomic mass is 10.1. The van der Waals surface area contributed by atoms with Crippen molar-refractivity contribution in [1.29, 1.82) is 0 Å². The number of aromatic nitrogens is 1. The minimum absolute atomic E-state index is 0.0355. The average molecular weight is 446 g/mol. The number of carbonyl (C=O) groups is 2. The number of halogens is 2. The first-order valence-electron chi connectivity index (χ1n) is 10.4. The number of piperazine rings is 2. The second-order valence-electron chi connectivity index (χ2n) is 7.79. The fourth-order valence-electron chi connectivity index (χ4n) is 4.11. The standard InChI is InChI=1S/C22H25ClFN5O2/c23-19-13-17(24)2-1-16(19)15-29-8-7-26-22(31)20(29)14-21(30)28-11-9-27(10-12-28)18-3-5-25-6-4-18/h1-6,13,20H,7-12,14-15H2,(H,26,31). The molecule has 0 bridgehead atoms. The smallest absolute Gasteiger partial charge is 0.237 e. The van der Waals surface area contributed by atoms with E-state index < -0.39 is 11.9 Å². The Morgan fingerprint density at radius 2 is 1.87 bits per heavy atom. The zero-order chi connectivity index (χ0) is 21.8. The van der Waals surface area contributed by atoms with Gasteiger partial charge in [0.05, 0.1) is 12.5 Å². The number of anilines is 1. The summed E-state index contributed by atoms with van der Waals surface area (Å²) in [6, 6.07) is 7.60. The molecule has 4 rings (SSSR count). The lowest BCUT2D eigenvalue weighted by Gasteiger charge is -2.39. The first-order chi connectivity index (χ1) is 15.0. The third kappa shape index (κ3) is 5.14. The number of amides is 2. The summed E-state index contributed by atoms with van der Waals surface area (Å²) >= 11 is 6.17. The number of pyridine rings is 1. The van der Waals surface area contributed by atoms with Crippen LogP contribution < -0.4 is 10.2 Å². The highest BCUT2D eigenvalue weighted by molar-refractivity contribution is 6.31. The molecule has 0 saturated carbocycles. The third-order valence-electron chi connectivity index (χ3n) is 5.86. The molecule has 2 aliphatic rings. The number of nitrogens with zero attached hydrogens (tertiary/aromatic N) is 4. The molecule has 2 aliphatic heterocycles. The topological polar surface area (TPSA) is 68.8 Å². The van der Waals surface area contributed by atoms with Crippen LogP contribution in [0.5, 0.6) is 0 Å². The van der Waals surface area contributed by atoms with Crippen molar-refractivity contribution in [2.24, 2.45) is 0 Å². The number of hydrogen-bond acceptors (Lipinski definition) is 5. The predicted octanol–water partition coefficient (Wildman–Crippen LogP) is 1.91. The van der Waals surface area contributed by atoms with Crippen LogP contribution in [0.1, 0.15) is 12.0 Å². The molecule has 1 unspecified atom stereocenters. The van der Waals surface area contributed by atoms with Gasteiger partial charge in [-0.25, -0.2) is 4.39 Å². The molecule has 0 aliphatic carbocycles. The summed E-state index contributed by atoms with van der Waals surface area (Å²) in [5.74, 6) is -0.595. The van der Waals surface area contributed by atoms with Gasteiger partial charge in [0.15, 0.2) is 0 Å². The van der Waals surface area contributed by atoms with Crippen LogP contribution in [0, 0.1) is 5.82 Å². The molecule has 0 radical (unpaired) electrons. The Balaban J connectivity index is 1.38. The minimum Gasteiger partial charge on any atom is -0.368 e. The van der Waals surface area contributed by atoms with E-state index in [1.165, 1.54) is 12.1 Å². The van der Waals surface area contributed by atoms with Crippen molar-refractivity contribution in [2.45, 2.75) is 19.0 Å². The molecule has 164 valence electrons. The monoisotopic (exact) mass is 445 g/mol. The molecule has 2 fully saturated rings. The molecule has 1 atom stereocenters. The second-order valence-corrected chi connectivity index (χ2v) is 8.20. The molecule has 9 heteroatoms. The van der Waals surface area contributed by atoms with E-state index in [0.717, 1.165) is 24.3 Å². The Hall–Kier alpha value is -2.71. The van der Waals surface area contributed by atoms with Crippen molar-refractivity contribution in [2.75, 3.05) is 44.2 Å². The number of carbonyl (C=O) groups excluding carboxylic acids is 2. The zero-order valence-electron chi connectivity index (χ0n) is 17.1. The Bertz CT molecular complexity index is 937. The molecule has 3 heterocycles. The average Bonchev–Trinajstić information content (AvgIpc) is 2.78. The Morgan fingerprint density at radius 3 is 2.58 bits per heavy atom. The van der Waals surface area contributed by atoms with Crippen LogP contribution in [0.15, 0.2) is 42.7 Å². The summed E-state index contributed by atoms with van der Waals surface area (Å²) in [4.78, 5) is 35.6. The van der Waals surface area contributed by atoms with Crippen LogP contribution >= 0.6 is 11.6 Å². The largest absolute Gasteiger partial charge is 0.368 e. The first-order valence-corrected chi connectivity index (χ1v) is 10.8. The van der Waals surface area contributed by atoms with E-state index in [9.17, 15) is 14.0 Å². The normalized spacial score (nSPS) is 19.9. The van der Waals surface area contributed by atoms with Gasteiger partial charge in [0.25, 0.3) is 0 Å². The molecule has 31 heavy (non-hydrogen) atoms. The number of hydrogen-bond donors (Lipinski definition) is 1. The molecule has 1 N–H and O–H groups in total. The van der Waals surface area contributed by atoms with Gasteiger partial charge in [-0.3, -0.25) is 19.5 Å². The van der Waals surface area contributed by atoms with Crippen molar-refractivity contribution in [3.05, 3.63) is 59.1 Å². The van der Waals surface area contributed by atoms with Crippen LogP contribution in [0.2, 0.25) is 5.02 Å². The molecule has 0 spiro atoms. The van der Waals surface area contributed by atoms with Gasteiger partial charge >= 0.3 is 0 Å². The van der Waals surface area contributed by atoms with Crippen LogP contribution in [-0.2, 0) is 16.1 Å². The van der Waals surface area contributed by atoms with Crippen molar-refractivity contribution in [3.8, 4) is 0 Å². The number of nitrogens with one attached hydrogen (secondary N) is 1. The highest BCUT2D eigenvalue weighted by Gasteiger charge is 2.34. The molecule has 2 aromatic rings. The SMILES string of the molecule is O=C1NCCN(Cc2ccc(F)cc2Cl)C1CC(=O)N1CCN(c2ccncc2)CC1. The van der Waals surface area contributed by atoms with Gasteiger partial charge < -0.3 is 15.1 Å². The molecule has 7 nitrogen and oxygen atoms in total. The van der Waals surface area contributed by atoms with E-state index in [1.54, 1.807) is 18.5 Å². The van der Waals surface area contributed by atoms with Gasteiger partial charge in [-0.15, -0.1) is 0 Å². The lowest BCUT2D eigenvalue weighted by Crippen LogP contribution is -2.57. The maximum atomic E-state index is 13.4. The van der Waals surface area contributed by atoms with Crippen molar-refractivity contribution >= 4 is 29.1 Å². The Labute approximate surface area is 185 Å². The van der Waals surface area contributed by atoms with Gasteiger partial charge in [0, 0.05) is 68.9 Å². The van der Waals surface area contributed by atoms with Crippen LogP contribution in [0.4, 0.5) is 10.1 Å². The Morgan fingerprint density at radius 1 is 1.13 bits per heavy atom. The molecule has 2 amide bonds. The zero-order valence-corrected chi connectivity index (χ0v) is 17.9. The molecular formula is C22H25ClFN5O2. The maximum Gasteiger partial charge on any atom is 0.237 e. The molecule has 2 saturated heterocycles. The molecule has 1 aromatic heterocycles. The number of rotatable bonds is 5. The van der Waals surface area contributed by atoms with Gasteiger partial charge in [-0.2, -0.15) is 0 Å². The van der Waals surface area contributed by atoms with Gasteiger partial charge in [-0.05, 0) is 29.8 Å². The van der Waals surface area contributed by atoms with E-state index in [1.807, 2.05) is 21.9 Å². The van der Waals surface area contributed by atoms with Crippen molar-refractivity contribution in [3.63, 3.8) is 0 Å². The summed E-state index contributed by atoms with van der Waals surface area (Å²) < 4.78 is 13.4. The minimum atomic E-state index is -0.569. The molecule has 1 aromatic carbocycles. The summed E-state index contributed by atoms with van der Waals surface area (Å²) in [5.41, 5.74) is 1.83. The summed E-state index contributed by atoms with van der Waals surface area (Å²) in [6.07, 6.45) is 3.63. The third-order valence-corrected chi connectivity index (χ3v) is 6.21. The number of benzene rings is 1. The van der Waals surface area contributed by atoms with E-state index in [0.29, 0.717) is 37.7 Å². The van der Waals surface area contributed by atoms with Gasteiger partial charge in [0.2, 0.25) is 11.8 Å². The maximum absolute atomic E-state index is 13.4. The summed E-state index contributed by atoms with van der Waals surface area (Å²) in [7, 11) is 0. The predicted molar refractivity (Wildman–Crippen MR) is 116 cm³/mol. The Kier molecular flexibility index (Phi) is 6.67. The fraction of sp³-hybridized carbons (Fsp3) is 0.409. The van der Waals surface area contributed by atoms with Crippen molar-refractivity contribution in [1.82, 2.24) is 20.1 Å². The fourth-order valence-corrected chi connectivity index (χ4v) is 4.33. The van der Waals surface area contributed by atoms with E-state index in [-0.39, 0.29) is 18.2 Å². The molecular weight excluding hydrogens is 421 g/mol. The van der Waals surface area contributed by atoms with Gasteiger partial charge in [0.1, 0.15) is 5.82 Å². The highest BCUT2D eigenvalue weighted by atomic mass is 35.5. The van der Waals surface area contributed by atoms with Crippen LogP contribution in [-0.4, -0.2) is 71.9 Å². The first kappa shape index (κ1) is 21.5. The van der Waals surface area contributed by atoms with E-state index >= 15 is 0 Å². The lowest BCUT2D eigenvalue weighted by molar-refractivity contribution is -0.139. The van der Waals surface area contributed by atoms with Crippen LogP contribution in [0.3, 0.4) is 0 Å². The van der Waals surface area contributed by atoms with Gasteiger partial charge in [-0.1, -0.05) is 17.7 Å². The summed E-state index contributed by atoms with van der Waals surface area (Å²) in [5, 5.41) is 3.17. The second kappa shape index (κ2) is 9.62.